The van der Waals surface area contributed by atoms with Crippen LogP contribution in [0.4, 0.5) is 0 Å². The number of amides is 1. The van der Waals surface area contributed by atoms with Crippen molar-refractivity contribution in [1.82, 2.24) is 10.3 Å². The standard InChI is InChI=1S/C17H24N2O/c1-11(2)6-5-9-18-17(20)14-7-8-16-15(10-14)12(3)13(4)19-16/h7-8,10-11,19H,5-6,9H2,1-4H3,(H,18,20). The van der Waals surface area contributed by atoms with E-state index in [4.69, 9.17) is 0 Å². The summed E-state index contributed by atoms with van der Waals surface area (Å²) < 4.78 is 0. The van der Waals surface area contributed by atoms with Crippen molar-refractivity contribution in [2.45, 2.75) is 40.5 Å². The van der Waals surface area contributed by atoms with Crippen LogP contribution in [-0.4, -0.2) is 17.4 Å². The third-order valence-corrected chi connectivity index (χ3v) is 3.81. The van der Waals surface area contributed by atoms with Crippen LogP contribution in [0, 0.1) is 19.8 Å². The number of benzene rings is 1. The molecule has 0 aliphatic rings. The van der Waals surface area contributed by atoms with E-state index in [1.165, 1.54) is 5.56 Å². The van der Waals surface area contributed by atoms with Crippen LogP contribution >= 0.6 is 0 Å². The normalized spacial score (nSPS) is 11.2. The third kappa shape index (κ3) is 3.21. The van der Waals surface area contributed by atoms with Gasteiger partial charge in [-0.1, -0.05) is 13.8 Å². The lowest BCUT2D eigenvalue weighted by Gasteiger charge is -2.07. The average molecular weight is 272 g/mol. The lowest BCUT2D eigenvalue weighted by molar-refractivity contribution is 0.0952. The van der Waals surface area contributed by atoms with Crippen LogP contribution in [-0.2, 0) is 0 Å². The Hall–Kier alpha value is -1.77. The molecule has 1 amide bonds. The summed E-state index contributed by atoms with van der Waals surface area (Å²) in [6.07, 6.45) is 2.18. The van der Waals surface area contributed by atoms with Crippen LogP contribution in [0.1, 0.15) is 48.3 Å². The molecule has 0 saturated carbocycles. The first-order chi connectivity index (χ1) is 9.49. The summed E-state index contributed by atoms with van der Waals surface area (Å²) in [7, 11) is 0. The number of fused-ring (bicyclic) bond motifs is 1. The number of aromatic nitrogens is 1. The summed E-state index contributed by atoms with van der Waals surface area (Å²) >= 11 is 0. The monoisotopic (exact) mass is 272 g/mol. The maximum absolute atomic E-state index is 12.1. The Bertz CT molecular complexity index is 611. The summed E-state index contributed by atoms with van der Waals surface area (Å²) in [6, 6.07) is 5.85. The number of H-pyrrole nitrogens is 1. The Morgan fingerprint density at radius 1 is 1.30 bits per heavy atom. The maximum Gasteiger partial charge on any atom is 0.251 e. The van der Waals surface area contributed by atoms with E-state index in [0.717, 1.165) is 41.5 Å². The molecule has 0 radical (unpaired) electrons. The Kier molecular flexibility index (Phi) is 4.48. The van der Waals surface area contributed by atoms with Crippen molar-refractivity contribution >= 4 is 16.8 Å². The second-order valence-corrected chi connectivity index (χ2v) is 5.93. The van der Waals surface area contributed by atoms with Crippen LogP contribution in [0.5, 0.6) is 0 Å². The first-order valence-corrected chi connectivity index (χ1v) is 7.36. The number of hydrogen-bond donors (Lipinski definition) is 2. The highest BCUT2D eigenvalue weighted by atomic mass is 16.1. The Balaban J connectivity index is 2.05. The SMILES string of the molecule is Cc1[nH]c2ccc(C(=O)NCCCC(C)C)cc2c1C. The largest absolute Gasteiger partial charge is 0.358 e. The summed E-state index contributed by atoms with van der Waals surface area (Å²) in [6.45, 7) is 9.29. The van der Waals surface area contributed by atoms with Gasteiger partial charge in [-0.2, -0.15) is 0 Å². The summed E-state index contributed by atoms with van der Waals surface area (Å²) in [5, 5.41) is 4.13. The van der Waals surface area contributed by atoms with E-state index in [2.05, 4.69) is 38.0 Å². The molecular formula is C17H24N2O. The number of aryl methyl sites for hydroxylation is 2. The van der Waals surface area contributed by atoms with Crippen LogP contribution < -0.4 is 5.32 Å². The van der Waals surface area contributed by atoms with Gasteiger partial charge < -0.3 is 10.3 Å². The molecule has 0 aliphatic carbocycles. The lowest BCUT2D eigenvalue weighted by Crippen LogP contribution is -2.24. The van der Waals surface area contributed by atoms with E-state index < -0.39 is 0 Å². The maximum atomic E-state index is 12.1. The zero-order valence-electron chi connectivity index (χ0n) is 12.8. The fourth-order valence-electron chi connectivity index (χ4n) is 2.42. The Labute approximate surface area is 120 Å². The van der Waals surface area contributed by atoms with Gasteiger partial charge in [0.2, 0.25) is 0 Å². The molecule has 2 aromatic rings. The zero-order chi connectivity index (χ0) is 14.7. The highest BCUT2D eigenvalue weighted by Gasteiger charge is 2.09. The van der Waals surface area contributed by atoms with Crippen molar-refractivity contribution in [2.75, 3.05) is 6.54 Å². The van der Waals surface area contributed by atoms with Crippen LogP contribution in [0.25, 0.3) is 10.9 Å². The fourth-order valence-corrected chi connectivity index (χ4v) is 2.42. The Morgan fingerprint density at radius 3 is 2.75 bits per heavy atom. The highest BCUT2D eigenvalue weighted by Crippen LogP contribution is 2.22. The minimum atomic E-state index is 0.0221. The number of aromatic amines is 1. The van der Waals surface area contributed by atoms with E-state index in [9.17, 15) is 4.79 Å². The number of nitrogens with one attached hydrogen (secondary N) is 2. The van der Waals surface area contributed by atoms with Crippen LogP contribution in [0.2, 0.25) is 0 Å². The van der Waals surface area contributed by atoms with Gasteiger partial charge in [-0.15, -0.1) is 0 Å². The lowest BCUT2D eigenvalue weighted by atomic mass is 10.1. The fraction of sp³-hybridized carbons (Fsp3) is 0.471. The molecule has 1 heterocycles. The summed E-state index contributed by atoms with van der Waals surface area (Å²) in [5.74, 6) is 0.711. The number of hydrogen-bond acceptors (Lipinski definition) is 1. The molecule has 0 fully saturated rings. The predicted octanol–water partition coefficient (Wildman–Crippen LogP) is 3.95. The van der Waals surface area contributed by atoms with Crippen LogP contribution in [0.15, 0.2) is 18.2 Å². The smallest absolute Gasteiger partial charge is 0.251 e. The van der Waals surface area contributed by atoms with E-state index in [0.29, 0.717) is 5.92 Å². The van der Waals surface area contributed by atoms with Gasteiger partial charge in [0.15, 0.2) is 0 Å². The van der Waals surface area contributed by atoms with Gasteiger partial charge in [-0.25, -0.2) is 0 Å². The molecule has 0 bridgehead atoms. The van der Waals surface area contributed by atoms with Gasteiger partial charge in [0.05, 0.1) is 0 Å². The molecule has 3 nitrogen and oxygen atoms in total. The average Bonchev–Trinajstić information content (AvgIpc) is 2.69. The molecule has 0 spiro atoms. The first-order valence-electron chi connectivity index (χ1n) is 7.36. The second kappa shape index (κ2) is 6.12. The minimum absolute atomic E-state index is 0.0221. The molecule has 1 aromatic carbocycles. The van der Waals surface area contributed by atoms with E-state index in [1.54, 1.807) is 0 Å². The van der Waals surface area contributed by atoms with Gasteiger partial charge in [0, 0.05) is 28.7 Å². The van der Waals surface area contributed by atoms with Crippen LogP contribution in [0.3, 0.4) is 0 Å². The molecule has 0 atom stereocenters. The van der Waals surface area contributed by atoms with Gasteiger partial charge in [-0.05, 0) is 56.4 Å². The molecule has 2 rings (SSSR count). The zero-order valence-corrected chi connectivity index (χ0v) is 12.8. The summed E-state index contributed by atoms with van der Waals surface area (Å²) in [4.78, 5) is 15.5. The van der Waals surface area contributed by atoms with Gasteiger partial charge in [0.25, 0.3) is 5.91 Å². The van der Waals surface area contributed by atoms with Crippen molar-refractivity contribution in [2.24, 2.45) is 5.92 Å². The topological polar surface area (TPSA) is 44.9 Å². The van der Waals surface area contributed by atoms with Gasteiger partial charge in [-0.3, -0.25) is 4.79 Å². The molecule has 20 heavy (non-hydrogen) atoms. The van der Waals surface area contributed by atoms with Gasteiger partial charge >= 0.3 is 0 Å². The highest BCUT2D eigenvalue weighted by molar-refractivity contribution is 5.99. The van der Waals surface area contributed by atoms with Crippen molar-refractivity contribution in [3.63, 3.8) is 0 Å². The second-order valence-electron chi connectivity index (χ2n) is 5.93. The molecule has 2 N–H and O–H groups in total. The first kappa shape index (κ1) is 14.6. The number of carbonyl (C=O) groups excluding carboxylic acids is 1. The molecule has 3 heteroatoms. The van der Waals surface area contributed by atoms with Crippen molar-refractivity contribution in [1.29, 1.82) is 0 Å². The Morgan fingerprint density at radius 2 is 2.05 bits per heavy atom. The molecule has 0 unspecified atom stereocenters. The predicted molar refractivity (Wildman–Crippen MR) is 84.2 cm³/mol. The van der Waals surface area contributed by atoms with E-state index in [1.807, 2.05) is 18.2 Å². The summed E-state index contributed by atoms with van der Waals surface area (Å²) in [5.41, 5.74) is 4.21. The molecule has 108 valence electrons. The molecular weight excluding hydrogens is 248 g/mol. The third-order valence-electron chi connectivity index (χ3n) is 3.81. The van der Waals surface area contributed by atoms with Crippen molar-refractivity contribution < 1.29 is 4.79 Å². The quantitative estimate of drug-likeness (QED) is 0.795. The molecule has 1 aromatic heterocycles. The van der Waals surface area contributed by atoms with Gasteiger partial charge in [0.1, 0.15) is 0 Å². The number of carbonyl (C=O) groups is 1. The van der Waals surface area contributed by atoms with E-state index >= 15 is 0 Å². The number of rotatable bonds is 5. The molecule has 0 aliphatic heterocycles. The minimum Gasteiger partial charge on any atom is -0.358 e. The molecule has 0 saturated heterocycles. The van der Waals surface area contributed by atoms with Crippen molar-refractivity contribution in [3.05, 3.63) is 35.0 Å². The van der Waals surface area contributed by atoms with E-state index in [-0.39, 0.29) is 5.91 Å². The van der Waals surface area contributed by atoms with Crippen molar-refractivity contribution in [3.8, 4) is 0 Å².